The van der Waals surface area contributed by atoms with Crippen molar-refractivity contribution in [3.05, 3.63) is 0 Å². The van der Waals surface area contributed by atoms with Crippen molar-refractivity contribution in [3.63, 3.8) is 0 Å². The average Bonchev–Trinajstić information content (AvgIpc) is 2.91. The van der Waals surface area contributed by atoms with Gasteiger partial charge in [0.25, 0.3) is 0 Å². The molecule has 14 heavy (non-hydrogen) atoms. The summed E-state index contributed by atoms with van der Waals surface area (Å²) >= 11 is 0. The molecule has 0 aromatic rings. The van der Waals surface area contributed by atoms with E-state index in [9.17, 15) is 4.79 Å². The Labute approximate surface area is 84.6 Å². The van der Waals surface area contributed by atoms with Gasteiger partial charge in [0.2, 0.25) is 0 Å². The zero-order chi connectivity index (χ0) is 9.80. The molecule has 0 spiro atoms. The first-order valence-corrected chi connectivity index (χ1v) is 5.47. The van der Waals surface area contributed by atoms with Crippen LogP contribution in [-0.4, -0.2) is 43.8 Å². The van der Waals surface area contributed by atoms with Crippen LogP contribution in [0.4, 0.5) is 4.79 Å². The highest BCUT2D eigenvalue weighted by molar-refractivity contribution is 5.76. The van der Waals surface area contributed by atoms with E-state index in [4.69, 9.17) is 4.74 Å². The van der Waals surface area contributed by atoms with Gasteiger partial charge in [0.05, 0.1) is 0 Å². The van der Waals surface area contributed by atoms with E-state index in [0.717, 1.165) is 45.2 Å². The predicted octanol–water partition coefficient (Wildman–Crippen LogP) is 0.828. The minimum atomic E-state index is 0.0761. The van der Waals surface area contributed by atoms with Crippen LogP contribution in [0.2, 0.25) is 0 Å². The van der Waals surface area contributed by atoms with Crippen LogP contribution in [0.1, 0.15) is 19.3 Å². The van der Waals surface area contributed by atoms with E-state index in [2.05, 4.69) is 5.32 Å². The number of rotatable bonds is 6. The van der Waals surface area contributed by atoms with Crippen molar-refractivity contribution in [3.8, 4) is 0 Å². The van der Waals surface area contributed by atoms with Gasteiger partial charge < -0.3 is 15.0 Å². The number of nitrogens with zero attached hydrogens (tertiary/aromatic N) is 1. The maximum absolute atomic E-state index is 11.1. The molecule has 4 nitrogen and oxygen atoms in total. The zero-order valence-electron chi connectivity index (χ0n) is 8.50. The van der Waals surface area contributed by atoms with Crippen LogP contribution in [0, 0.1) is 5.92 Å². The maximum Gasteiger partial charge on any atom is 0.317 e. The molecule has 1 aliphatic heterocycles. The molecule has 2 amide bonds. The molecular weight excluding hydrogens is 180 g/mol. The van der Waals surface area contributed by atoms with E-state index >= 15 is 0 Å². The fourth-order valence-corrected chi connectivity index (χ4v) is 1.62. The molecule has 1 aliphatic carbocycles. The van der Waals surface area contributed by atoms with Gasteiger partial charge in [-0.1, -0.05) is 0 Å². The molecule has 1 saturated carbocycles. The summed E-state index contributed by atoms with van der Waals surface area (Å²) in [6.07, 6.45) is 3.64. The molecule has 80 valence electrons. The third-order valence-electron chi connectivity index (χ3n) is 2.71. The standard InChI is InChI=1S/C10H18N2O2/c13-10-11-4-6-12(10)5-1-7-14-8-9-2-3-9/h9H,1-8H2,(H,11,13). The topological polar surface area (TPSA) is 41.6 Å². The quantitative estimate of drug-likeness (QED) is 0.642. The van der Waals surface area contributed by atoms with Gasteiger partial charge in [-0.3, -0.25) is 0 Å². The first-order chi connectivity index (χ1) is 6.86. The molecule has 2 fully saturated rings. The van der Waals surface area contributed by atoms with Crippen LogP contribution in [0.3, 0.4) is 0 Å². The van der Waals surface area contributed by atoms with E-state index < -0.39 is 0 Å². The highest BCUT2D eigenvalue weighted by atomic mass is 16.5. The lowest BCUT2D eigenvalue weighted by Crippen LogP contribution is -2.29. The van der Waals surface area contributed by atoms with Crippen molar-refractivity contribution in [1.29, 1.82) is 0 Å². The van der Waals surface area contributed by atoms with E-state index in [-0.39, 0.29) is 6.03 Å². The number of hydrogen-bond acceptors (Lipinski definition) is 2. The molecule has 2 rings (SSSR count). The Morgan fingerprint density at radius 2 is 2.36 bits per heavy atom. The fraction of sp³-hybridized carbons (Fsp3) is 0.900. The highest BCUT2D eigenvalue weighted by Crippen LogP contribution is 2.28. The molecule has 0 aromatic heterocycles. The van der Waals surface area contributed by atoms with Gasteiger partial charge in [-0.15, -0.1) is 0 Å². The maximum atomic E-state index is 11.1. The summed E-state index contributed by atoms with van der Waals surface area (Å²) in [4.78, 5) is 13.0. The van der Waals surface area contributed by atoms with Crippen LogP contribution in [0.5, 0.6) is 0 Å². The van der Waals surface area contributed by atoms with Gasteiger partial charge in [0, 0.05) is 32.8 Å². The van der Waals surface area contributed by atoms with E-state index in [1.165, 1.54) is 12.8 Å². The van der Waals surface area contributed by atoms with Gasteiger partial charge in [-0.05, 0) is 25.2 Å². The van der Waals surface area contributed by atoms with Crippen molar-refractivity contribution in [1.82, 2.24) is 10.2 Å². The summed E-state index contributed by atoms with van der Waals surface area (Å²) in [6, 6.07) is 0.0761. The third kappa shape index (κ3) is 2.87. The Kier molecular flexibility index (Phi) is 3.24. The zero-order valence-corrected chi connectivity index (χ0v) is 8.50. The van der Waals surface area contributed by atoms with Gasteiger partial charge in [0.15, 0.2) is 0 Å². The van der Waals surface area contributed by atoms with Crippen LogP contribution in [0.25, 0.3) is 0 Å². The second-order valence-corrected chi connectivity index (χ2v) is 4.09. The highest BCUT2D eigenvalue weighted by Gasteiger charge is 2.21. The Balaban J connectivity index is 1.47. The summed E-state index contributed by atoms with van der Waals surface area (Å²) in [5.74, 6) is 0.838. The Morgan fingerprint density at radius 1 is 1.50 bits per heavy atom. The Bertz CT molecular complexity index is 204. The first kappa shape index (κ1) is 9.77. The van der Waals surface area contributed by atoms with Crippen molar-refractivity contribution in [2.75, 3.05) is 32.8 Å². The number of urea groups is 1. The lowest BCUT2D eigenvalue weighted by Gasteiger charge is -2.13. The van der Waals surface area contributed by atoms with Crippen molar-refractivity contribution in [2.45, 2.75) is 19.3 Å². The third-order valence-corrected chi connectivity index (χ3v) is 2.71. The lowest BCUT2D eigenvalue weighted by atomic mass is 10.4. The first-order valence-electron chi connectivity index (χ1n) is 5.47. The molecule has 4 heteroatoms. The molecule has 1 N–H and O–H groups in total. The van der Waals surface area contributed by atoms with Crippen LogP contribution < -0.4 is 5.32 Å². The normalized spacial score (nSPS) is 21.4. The lowest BCUT2D eigenvalue weighted by molar-refractivity contribution is 0.116. The van der Waals surface area contributed by atoms with Crippen LogP contribution >= 0.6 is 0 Å². The molecule has 0 bridgehead atoms. The smallest absolute Gasteiger partial charge is 0.317 e. The molecule has 0 atom stereocenters. The molecule has 0 aromatic carbocycles. The second-order valence-electron chi connectivity index (χ2n) is 4.09. The molecule has 0 radical (unpaired) electrons. The van der Waals surface area contributed by atoms with E-state index in [1.807, 2.05) is 4.90 Å². The van der Waals surface area contributed by atoms with Crippen molar-refractivity contribution < 1.29 is 9.53 Å². The monoisotopic (exact) mass is 198 g/mol. The fourth-order valence-electron chi connectivity index (χ4n) is 1.62. The minimum absolute atomic E-state index is 0.0761. The Hall–Kier alpha value is -0.770. The molecule has 1 heterocycles. The summed E-state index contributed by atoms with van der Waals surface area (Å²) in [6.45, 7) is 4.19. The number of nitrogens with one attached hydrogen (secondary N) is 1. The average molecular weight is 198 g/mol. The molecule has 0 unspecified atom stereocenters. The summed E-state index contributed by atoms with van der Waals surface area (Å²) in [7, 11) is 0. The second kappa shape index (κ2) is 4.64. The predicted molar refractivity (Wildman–Crippen MR) is 53.1 cm³/mol. The van der Waals surface area contributed by atoms with E-state index in [0.29, 0.717) is 0 Å². The largest absolute Gasteiger partial charge is 0.381 e. The summed E-state index contributed by atoms with van der Waals surface area (Å²) in [5, 5.41) is 2.78. The minimum Gasteiger partial charge on any atom is -0.381 e. The van der Waals surface area contributed by atoms with Crippen LogP contribution in [0.15, 0.2) is 0 Å². The van der Waals surface area contributed by atoms with E-state index in [1.54, 1.807) is 0 Å². The number of carbonyl (C=O) groups is 1. The summed E-state index contributed by atoms with van der Waals surface area (Å²) in [5.41, 5.74) is 0. The summed E-state index contributed by atoms with van der Waals surface area (Å²) < 4.78 is 5.49. The number of ether oxygens (including phenoxy) is 1. The number of amides is 2. The van der Waals surface area contributed by atoms with Gasteiger partial charge >= 0.3 is 6.03 Å². The number of carbonyl (C=O) groups excluding carboxylic acids is 1. The van der Waals surface area contributed by atoms with Crippen molar-refractivity contribution >= 4 is 6.03 Å². The van der Waals surface area contributed by atoms with Gasteiger partial charge in [-0.2, -0.15) is 0 Å². The Morgan fingerprint density at radius 3 is 3.00 bits per heavy atom. The van der Waals surface area contributed by atoms with Crippen molar-refractivity contribution in [2.24, 2.45) is 5.92 Å². The van der Waals surface area contributed by atoms with Gasteiger partial charge in [-0.25, -0.2) is 4.79 Å². The molecular formula is C10H18N2O2. The number of hydrogen-bond donors (Lipinski definition) is 1. The van der Waals surface area contributed by atoms with Crippen LogP contribution in [-0.2, 0) is 4.74 Å². The molecule has 2 aliphatic rings. The SMILES string of the molecule is O=C1NCCN1CCCOCC1CC1. The van der Waals surface area contributed by atoms with Gasteiger partial charge in [0.1, 0.15) is 0 Å². The molecule has 1 saturated heterocycles.